The van der Waals surface area contributed by atoms with Crippen LogP contribution in [0, 0.1) is 5.92 Å². The van der Waals surface area contributed by atoms with Crippen molar-refractivity contribution in [2.45, 2.75) is 31.4 Å². The van der Waals surface area contributed by atoms with E-state index < -0.39 is 0 Å². The fraction of sp³-hybridized carbons (Fsp3) is 0.600. The number of ether oxygens (including phenoxy) is 1. The molecule has 4 saturated heterocycles. The average Bonchev–Trinajstić information content (AvgIpc) is 3.35. The van der Waals surface area contributed by atoms with Crippen LogP contribution in [0.2, 0.25) is 0 Å². The van der Waals surface area contributed by atoms with Crippen LogP contribution in [-0.2, 0) is 4.74 Å². The number of fused-ring (bicyclic) bond motifs is 4. The molecule has 0 aliphatic carbocycles. The third-order valence-corrected chi connectivity index (χ3v) is 6.58. The zero-order chi connectivity index (χ0) is 18.4. The van der Waals surface area contributed by atoms with Gasteiger partial charge in [0.2, 0.25) is 0 Å². The Bertz CT molecular complexity index is 842. The lowest BCUT2D eigenvalue weighted by atomic mass is 9.84. The molecule has 2 N–H and O–H groups in total. The van der Waals surface area contributed by atoms with E-state index in [9.17, 15) is 4.79 Å². The Balaban J connectivity index is 1.33. The van der Waals surface area contributed by atoms with Gasteiger partial charge in [0, 0.05) is 43.9 Å². The molecule has 4 aliphatic heterocycles. The van der Waals surface area contributed by atoms with Gasteiger partial charge < -0.3 is 19.9 Å². The molecule has 4 aliphatic rings. The Hall–Kier alpha value is -2.12. The van der Waals surface area contributed by atoms with E-state index in [1.54, 1.807) is 7.11 Å². The Morgan fingerprint density at radius 1 is 1.22 bits per heavy atom. The second-order valence-corrected chi connectivity index (χ2v) is 8.11. The van der Waals surface area contributed by atoms with Crippen LogP contribution in [-0.4, -0.2) is 73.0 Å². The third-order valence-electron chi connectivity index (χ3n) is 6.58. The van der Waals surface area contributed by atoms with E-state index in [1.165, 1.54) is 25.9 Å². The molecule has 2 aromatic rings. The van der Waals surface area contributed by atoms with Gasteiger partial charge in [0.1, 0.15) is 0 Å². The van der Waals surface area contributed by atoms with E-state index in [-0.39, 0.29) is 11.9 Å². The number of amides is 1. The molecule has 144 valence electrons. The molecule has 27 heavy (non-hydrogen) atoms. The van der Waals surface area contributed by atoms with Crippen molar-refractivity contribution in [1.82, 2.24) is 20.4 Å². The van der Waals surface area contributed by atoms with Gasteiger partial charge in [-0.2, -0.15) is 5.10 Å². The number of carbonyl (C=O) groups excluding carboxylic acids is 1. The van der Waals surface area contributed by atoms with Gasteiger partial charge in [0.15, 0.2) is 5.69 Å². The molecule has 1 aromatic heterocycles. The van der Waals surface area contributed by atoms with Gasteiger partial charge in [-0.15, -0.1) is 0 Å². The number of nitrogens with zero attached hydrogens (tertiary/aromatic N) is 3. The van der Waals surface area contributed by atoms with Crippen molar-refractivity contribution < 1.29 is 9.53 Å². The van der Waals surface area contributed by atoms with Gasteiger partial charge in [0.05, 0.1) is 11.6 Å². The first-order valence-electron chi connectivity index (χ1n) is 10.0. The predicted octanol–water partition coefficient (Wildman–Crippen LogP) is 1.61. The first-order valence-corrected chi connectivity index (χ1v) is 10.0. The SMILES string of the molecule is CO[C@@H]1CCN(c2ccc3c(C(=O)NC4CN5CCC4CC5)n[nH]c3c2)C1. The van der Waals surface area contributed by atoms with Gasteiger partial charge in [-0.05, 0) is 56.5 Å². The highest BCUT2D eigenvalue weighted by Gasteiger charge is 2.35. The molecule has 1 aromatic carbocycles. The highest BCUT2D eigenvalue weighted by molar-refractivity contribution is 6.05. The average molecular weight is 369 g/mol. The number of piperidine rings is 3. The first-order chi connectivity index (χ1) is 13.2. The summed E-state index contributed by atoms with van der Waals surface area (Å²) in [4.78, 5) is 17.6. The Labute approximate surface area is 159 Å². The van der Waals surface area contributed by atoms with Gasteiger partial charge in [-0.1, -0.05) is 0 Å². The lowest BCUT2D eigenvalue weighted by Crippen LogP contribution is -2.57. The summed E-state index contributed by atoms with van der Waals surface area (Å²) < 4.78 is 5.46. The number of hydrogen-bond acceptors (Lipinski definition) is 5. The number of hydrogen-bond donors (Lipinski definition) is 2. The second-order valence-electron chi connectivity index (χ2n) is 8.11. The van der Waals surface area contributed by atoms with E-state index in [1.807, 2.05) is 6.07 Å². The summed E-state index contributed by atoms with van der Waals surface area (Å²) in [6.45, 7) is 5.21. The van der Waals surface area contributed by atoms with E-state index in [2.05, 4.69) is 37.4 Å². The zero-order valence-electron chi connectivity index (χ0n) is 15.8. The second kappa shape index (κ2) is 6.80. The molecule has 0 saturated carbocycles. The van der Waals surface area contributed by atoms with Gasteiger partial charge >= 0.3 is 0 Å². The van der Waals surface area contributed by atoms with Crippen molar-refractivity contribution in [3.8, 4) is 0 Å². The van der Waals surface area contributed by atoms with Crippen LogP contribution >= 0.6 is 0 Å². The number of nitrogens with one attached hydrogen (secondary N) is 2. The van der Waals surface area contributed by atoms with Crippen LogP contribution in [0.5, 0.6) is 0 Å². The molecule has 0 spiro atoms. The van der Waals surface area contributed by atoms with Crippen LogP contribution in [0.4, 0.5) is 5.69 Å². The molecule has 6 rings (SSSR count). The third kappa shape index (κ3) is 3.08. The van der Waals surface area contributed by atoms with Crippen molar-refractivity contribution in [3.63, 3.8) is 0 Å². The van der Waals surface area contributed by atoms with Crippen LogP contribution < -0.4 is 10.2 Å². The molecule has 0 radical (unpaired) electrons. The lowest BCUT2D eigenvalue weighted by Gasteiger charge is -2.44. The molecule has 4 fully saturated rings. The Kier molecular flexibility index (Phi) is 4.28. The Morgan fingerprint density at radius 2 is 2.07 bits per heavy atom. The minimum absolute atomic E-state index is 0.0617. The van der Waals surface area contributed by atoms with E-state index in [0.717, 1.165) is 42.6 Å². The standard InChI is InChI=1S/C20H27N5O2/c1-27-15-6-9-25(11-15)14-2-3-16-17(10-14)22-23-19(16)20(26)21-18-12-24-7-4-13(18)5-8-24/h2-3,10,13,15,18H,4-9,11-12H2,1H3,(H,21,26)(H,22,23)/t15-,18?/m1/s1. The molecule has 5 heterocycles. The molecular formula is C20H27N5O2. The number of H-pyrrole nitrogens is 1. The number of aromatic amines is 1. The number of aromatic nitrogens is 2. The lowest BCUT2D eigenvalue weighted by molar-refractivity contribution is 0.0618. The van der Waals surface area contributed by atoms with Crippen LogP contribution in [0.25, 0.3) is 10.9 Å². The maximum Gasteiger partial charge on any atom is 0.272 e. The number of anilines is 1. The highest BCUT2D eigenvalue weighted by atomic mass is 16.5. The summed E-state index contributed by atoms with van der Waals surface area (Å²) >= 11 is 0. The monoisotopic (exact) mass is 369 g/mol. The molecule has 2 atom stereocenters. The summed E-state index contributed by atoms with van der Waals surface area (Å²) in [5, 5.41) is 11.5. The minimum Gasteiger partial charge on any atom is -0.380 e. The number of carbonyl (C=O) groups is 1. The fourth-order valence-corrected chi connectivity index (χ4v) is 4.90. The number of methoxy groups -OCH3 is 1. The normalized spacial score (nSPS) is 30.2. The number of rotatable bonds is 4. The van der Waals surface area contributed by atoms with Gasteiger partial charge in [-0.25, -0.2) is 0 Å². The largest absolute Gasteiger partial charge is 0.380 e. The summed E-state index contributed by atoms with van der Waals surface area (Å²) in [7, 11) is 1.77. The summed E-state index contributed by atoms with van der Waals surface area (Å²) in [5.74, 6) is 0.549. The molecule has 1 unspecified atom stereocenters. The molecule has 2 bridgehead atoms. The summed E-state index contributed by atoms with van der Waals surface area (Å²) in [6, 6.07) is 6.44. The van der Waals surface area contributed by atoms with Crippen molar-refractivity contribution in [2.75, 3.05) is 44.7 Å². The van der Waals surface area contributed by atoms with E-state index in [4.69, 9.17) is 4.74 Å². The first kappa shape index (κ1) is 17.0. The zero-order valence-corrected chi connectivity index (χ0v) is 15.8. The molecule has 7 nitrogen and oxygen atoms in total. The van der Waals surface area contributed by atoms with Crippen molar-refractivity contribution in [3.05, 3.63) is 23.9 Å². The molecule has 1 amide bonds. The predicted molar refractivity (Wildman–Crippen MR) is 104 cm³/mol. The quantitative estimate of drug-likeness (QED) is 0.857. The molecular weight excluding hydrogens is 342 g/mol. The highest BCUT2D eigenvalue weighted by Crippen LogP contribution is 2.29. The summed E-state index contributed by atoms with van der Waals surface area (Å²) in [6.07, 6.45) is 3.72. The van der Waals surface area contributed by atoms with Crippen LogP contribution in [0.1, 0.15) is 29.8 Å². The minimum atomic E-state index is -0.0617. The summed E-state index contributed by atoms with van der Waals surface area (Å²) in [5.41, 5.74) is 2.56. The number of benzene rings is 1. The van der Waals surface area contributed by atoms with E-state index in [0.29, 0.717) is 17.7 Å². The maximum absolute atomic E-state index is 12.8. The molecule has 7 heteroatoms. The Morgan fingerprint density at radius 3 is 2.78 bits per heavy atom. The van der Waals surface area contributed by atoms with Gasteiger partial charge in [0.25, 0.3) is 5.91 Å². The topological polar surface area (TPSA) is 73.5 Å². The fourth-order valence-electron chi connectivity index (χ4n) is 4.90. The maximum atomic E-state index is 12.8. The van der Waals surface area contributed by atoms with E-state index >= 15 is 0 Å². The van der Waals surface area contributed by atoms with Crippen LogP contribution in [0.3, 0.4) is 0 Å². The van der Waals surface area contributed by atoms with Crippen LogP contribution in [0.15, 0.2) is 18.2 Å². The smallest absolute Gasteiger partial charge is 0.272 e. The van der Waals surface area contributed by atoms with Gasteiger partial charge in [-0.3, -0.25) is 9.89 Å². The van der Waals surface area contributed by atoms with Crippen molar-refractivity contribution in [2.24, 2.45) is 5.92 Å². The van der Waals surface area contributed by atoms with Crippen molar-refractivity contribution in [1.29, 1.82) is 0 Å². The van der Waals surface area contributed by atoms with Crippen molar-refractivity contribution >= 4 is 22.5 Å².